The van der Waals surface area contributed by atoms with Crippen LogP contribution in [0.3, 0.4) is 0 Å². The van der Waals surface area contributed by atoms with Gasteiger partial charge < -0.3 is 0 Å². The summed E-state index contributed by atoms with van der Waals surface area (Å²) in [6, 6.07) is 6.91. The molecule has 19 heavy (non-hydrogen) atoms. The van der Waals surface area contributed by atoms with Crippen LogP contribution in [0.15, 0.2) is 40.9 Å². The van der Waals surface area contributed by atoms with E-state index in [4.69, 9.17) is 0 Å². The van der Waals surface area contributed by atoms with Crippen molar-refractivity contribution in [1.82, 2.24) is 9.29 Å². The van der Waals surface area contributed by atoms with Crippen LogP contribution in [-0.2, 0) is 10.0 Å². The topological polar surface area (TPSA) is 50.3 Å². The van der Waals surface area contributed by atoms with Gasteiger partial charge in [-0.15, -0.1) is 11.3 Å². The zero-order valence-electron chi connectivity index (χ0n) is 11.1. The van der Waals surface area contributed by atoms with Crippen LogP contribution in [0.2, 0.25) is 0 Å². The van der Waals surface area contributed by atoms with Gasteiger partial charge in [-0.2, -0.15) is 4.31 Å². The summed E-state index contributed by atoms with van der Waals surface area (Å²) in [5, 5.41) is 0. The molecule has 1 atom stereocenters. The van der Waals surface area contributed by atoms with E-state index < -0.39 is 10.0 Å². The molecule has 0 bridgehead atoms. The van der Waals surface area contributed by atoms with Gasteiger partial charge in [0.25, 0.3) is 10.0 Å². The van der Waals surface area contributed by atoms with Gasteiger partial charge in [0.05, 0.1) is 0 Å². The van der Waals surface area contributed by atoms with Gasteiger partial charge >= 0.3 is 0 Å². The van der Waals surface area contributed by atoms with Crippen molar-refractivity contribution in [1.29, 1.82) is 0 Å². The van der Waals surface area contributed by atoms with Gasteiger partial charge in [0.1, 0.15) is 4.21 Å². The zero-order valence-corrected chi connectivity index (χ0v) is 12.7. The third-order valence-electron chi connectivity index (χ3n) is 3.06. The first-order valence-electron chi connectivity index (χ1n) is 5.87. The van der Waals surface area contributed by atoms with Crippen molar-refractivity contribution >= 4 is 21.4 Å². The molecule has 0 aliphatic heterocycles. The molecule has 4 nitrogen and oxygen atoms in total. The summed E-state index contributed by atoms with van der Waals surface area (Å²) in [6.07, 6.45) is 3.36. The number of aromatic nitrogens is 1. The number of hydrogen-bond donors (Lipinski definition) is 0. The van der Waals surface area contributed by atoms with E-state index in [1.807, 2.05) is 32.0 Å². The van der Waals surface area contributed by atoms with Gasteiger partial charge in [0.2, 0.25) is 0 Å². The molecule has 2 aromatic rings. The van der Waals surface area contributed by atoms with Crippen molar-refractivity contribution in [2.24, 2.45) is 0 Å². The molecule has 0 radical (unpaired) electrons. The molecule has 0 fully saturated rings. The Hall–Kier alpha value is -1.24. The van der Waals surface area contributed by atoms with E-state index in [-0.39, 0.29) is 6.04 Å². The van der Waals surface area contributed by atoms with Crippen molar-refractivity contribution in [2.45, 2.75) is 24.1 Å². The molecule has 0 saturated heterocycles. The molecule has 1 unspecified atom stereocenters. The Morgan fingerprint density at radius 3 is 2.58 bits per heavy atom. The normalized spacial score (nSPS) is 13.7. The first kappa shape index (κ1) is 14.2. The Morgan fingerprint density at radius 2 is 2.05 bits per heavy atom. The monoisotopic (exact) mass is 296 g/mol. The third kappa shape index (κ3) is 2.86. The van der Waals surface area contributed by atoms with Crippen LogP contribution < -0.4 is 0 Å². The second kappa shape index (κ2) is 5.40. The zero-order chi connectivity index (χ0) is 14.0. The molecule has 0 aliphatic carbocycles. The molecular formula is C13H16N2O2S2. The lowest BCUT2D eigenvalue weighted by Crippen LogP contribution is -2.29. The molecule has 0 aromatic carbocycles. The summed E-state index contributed by atoms with van der Waals surface area (Å²) in [7, 11) is -1.84. The van der Waals surface area contributed by atoms with Gasteiger partial charge in [-0.1, -0.05) is 6.07 Å². The van der Waals surface area contributed by atoms with Crippen LogP contribution in [0.1, 0.15) is 23.4 Å². The van der Waals surface area contributed by atoms with Crippen molar-refractivity contribution in [3.63, 3.8) is 0 Å². The summed E-state index contributed by atoms with van der Waals surface area (Å²) in [5.74, 6) is 0. The second-order valence-corrected chi connectivity index (χ2v) is 7.86. The average Bonchev–Trinajstić information content (AvgIpc) is 2.85. The number of aryl methyl sites for hydroxylation is 1. The van der Waals surface area contributed by atoms with Gasteiger partial charge in [0.15, 0.2) is 0 Å². The number of rotatable bonds is 4. The predicted octanol–water partition coefficient (Wildman–Crippen LogP) is 2.83. The Kier molecular flexibility index (Phi) is 4.03. The Morgan fingerprint density at radius 1 is 1.32 bits per heavy atom. The van der Waals surface area contributed by atoms with Crippen LogP contribution >= 0.6 is 11.3 Å². The number of thiophene rings is 1. The molecule has 0 N–H and O–H groups in total. The van der Waals surface area contributed by atoms with Gasteiger partial charge in [0, 0.05) is 30.4 Å². The first-order valence-corrected chi connectivity index (χ1v) is 8.13. The SMILES string of the molecule is Cc1ccc(S(=O)(=O)N(C)C(C)c2cccnc2)s1. The summed E-state index contributed by atoms with van der Waals surface area (Å²) in [5.41, 5.74) is 0.877. The summed E-state index contributed by atoms with van der Waals surface area (Å²) < 4.78 is 26.7. The third-order valence-corrected chi connectivity index (χ3v) is 6.46. The lowest BCUT2D eigenvalue weighted by molar-refractivity contribution is 0.399. The second-order valence-electron chi connectivity index (χ2n) is 4.35. The standard InChI is InChI=1S/C13H16N2O2S2/c1-10-6-7-13(18-10)19(16,17)15(3)11(2)12-5-4-8-14-9-12/h4-9,11H,1-3H3. The fourth-order valence-corrected chi connectivity index (χ4v) is 4.55. The lowest BCUT2D eigenvalue weighted by atomic mass is 10.1. The smallest absolute Gasteiger partial charge is 0.252 e. The number of nitrogens with zero attached hydrogens (tertiary/aromatic N) is 2. The van der Waals surface area contributed by atoms with E-state index in [0.717, 1.165) is 10.4 Å². The van der Waals surface area contributed by atoms with Crippen molar-refractivity contribution < 1.29 is 8.42 Å². The van der Waals surface area contributed by atoms with Crippen LogP contribution in [0.25, 0.3) is 0 Å². The average molecular weight is 296 g/mol. The summed E-state index contributed by atoms with van der Waals surface area (Å²) in [6.45, 7) is 3.75. The minimum Gasteiger partial charge on any atom is -0.264 e. The highest BCUT2D eigenvalue weighted by Gasteiger charge is 2.27. The quantitative estimate of drug-likeness (QED) is 0.871. The van der Waals surface area contributed by atoms with Crippen molar-refractivity contribution in [2.75, 3.05) is 7.05 Å². The molecule has 0 spiro atoms. The van der Waals surface area contributed by atoms with Gasteiger partial charge in [-0.3, -0.25) is 4.98 Å². The van der Waals surface area contributed by atoms with E-state index >= 15 is 0 Å². The molecule has 6 heteroatoms. The number of sulfonamides is 1. The molecule has 0 aliphatic rings. The Bertz CT molecular complexity index is 650. The predicted molar refractivity (Wildman–Crippen MR) is 76.7 cm³/mol. The molecule has 102 valence electrons. The minimum absolute atomic E-state index is 0.249. The Labute approximate surface area is 117 Å². The van der Waals surface area contributed by atoms with Crippen LogP contribution in [0, 0.1) is 6.92 Å². The highest BCUT2D eigenvalue weighted by Crippen LogP contribution is 2.29. The fraction of sp³-hybridized carbons (Fsp3) is 0.308. The fourth-order valence-electron chi connectivity index (χ4n) is 1.73. The van der Waals surface area contributed by atoms with Gasteiger partial charge in [-0.25, -0.2) is 8.42 Å². The molecule has 2 heterocycles. The largest absolute Gasteiger partial charge is 0.264 e. The van der Waals surface area contributed by atoms with E-state index in [2.05, 4.69) is 4.98 Å². The Balaban J connectivity index is 2.31. The van der Waals surface area contributed by atoms with E-state index in [9.17, 15) is 8.42 Å². The highest BCUT2D eigenvalue weighted by molar-refractivity contribution is 7.91. The van der Waals surface area contributed by atoms with Crippen LogP contribution in [0.5, 0.6) is 0 Å². The summed E-state index contributed by atoms with van der Waals surface area (Å²) >= 11 is 1.29. The maximum Gasteiger partial charge on any atom is 0.252 e. The first-order chi connectivity index (χ1) is 8.93. The molecule has 2 aromatic heterocycles. The molecule has 0 amide bonds. The van der Waals surface area contributed by atoms with Crippen molar-refractivity contribution in [3.8, 4) is 0 Å². The molecule has 0 saturated carbocycles. The minimum atomic E-state index is -3.44. The van der Waals surface area contributed by atoms with E-state index in [1.54, 1.807) is 25.5 Å². The maximum absolute atomic E-state index is 12.5. The van der Waals surface area contributed by atoms with E-state index in [0.29, 0.717) is 4.21 Å². The number of pyridine rings is 1. The molecular weight excluding hydrogens is 280 g/mol. The number of hydrogen-bond acceptors (Lipinski definition) is 4. The maximum atomic E-state index is 12.5. The lowest BCUT2D eigenvalue weighted by Gasteiger charge is -2.23. The van der Waals surface area contributed by atoms with Crippen LogP contribution in [-0.4, -0.2) is 24.8 Å². The summed E-state index contributed by atoms with van der Waals surface area (Å²) in [4.78, 5) is 5.02. The van der Waals surface area contributed by atoms with Gasteiger partial charge in [-0.05, 0) is 37.6 Å². The van der Waals surface area contributed by atoms with Crippen LogP contribution in [0.4, 0.5) is 0 Å². The van der Waals surface area contributed by atoms with Crippen molar-refractivity contribution in [3.05, 3.63) is 47.1 Å². The highest BCUT2D eigenvalue weighted by atomic mass is 32.2. The molecule has 2 rings (SSSR count). The van der Waals surface area contributed by atoms with E-state index in [1.165, 1.54) is 15.6 Å².